The molecule has 262 valence electrons. The molecule has 4 nitrogen and oxygen atoms in total. The molecule has 0 bridgehead atoms. The number of rotatable bonds is 6. The maximum absolute atomic E-state index is 6.58. The Morgan fingerprint density at radius 3 is 1.45 bits per heavy atom. The number of aromatic nitrogens is 3. The molecule has 0 radical (unpaired) electrons. The SMILES string of the molecule is c1ccc(-c2ccc3c(c2)oc2cc(-c4cccc5c4sc4c(-c6ccccc6)ccc(-c6nc(-c7ccccc7)nc(-c7ccccc7)n6)c45)ccc23)cc1. The number of hydrogen-bond acceptors (Lipinski definition) is 5. The van der Waals surface area contributed by atoms with Gasteiger partial charge in [-0.3, -0.25) is 0 Å². The second kappa shape index (κ2) is 13.3. The Labute approximate surface area is 327 Å². The third kappa shape index (κ3) is 5.48. The molecule has 0 aliphatic heterocycles. The summed E-state index contributed by atoms with van der Waals surface area (Å²) >= 11 is 1.82. The minimum Gasteiger partial charge on any atom is -0.456 e. The monoisotopic (exact) mass is 733 g/mol. The lowest BCUT2D eigenvalue weighted by atomic mass is 9.96. The molecule has 0 atom stereocenters. The van der Waals surface area contributed by atoms with Crippen LogP contribution in [-0.4, -0.2) is 15.0 Å². The standard InChI is InChI=1S/C51H31N3OS/c1-5-14-32(15-6-1)36-24-26-40-41-27-25-37(31-45(41)55-44(40)30-36)38-22-13-23-42-46-43(29-28-39(48(46)56-47(38)42)33-16-7-2-8-17-33)51-53-49(34-18-9-3-10-19-34)52-50(54-51)35-20-11-4-12-21-35/h1-31H. The Balaban J connectivity index is 1.13. The van der Waals surface area contributed by atoms with Crippen LogP contribution < -0.4 is 0 Å². The minimum atomic E-state index is 0.644. The topological polar surface area (TPSA) is 51.8 Å². The van der Waals surface area contributed by atoms with Crippen LogP contribution in [0.25, 0.3) is 110 Å². The first-order valence-electron chi connectivity index (χ1n) is 18.7. The highest BCUT2D eigenvalue weighted by atomic mass is 32.1. The van der Waals surface area contributed by atoms with E-state index in [1.165, 1.54) is 26.1 Å². The number of thiophene rings is 1. The van der Waals surface area contributed by atoms with E-state index >= 15 is 0 Å². The lowest BCUT2D eigenvalue weighted by Crippen LogP contribution is -2.00. The maximum atomic E-state index is 6.58. The zero-order chi connectivity index (χ0) is 37.0. The molecule has 11 aromatic rings. The molecule has 0 aliphatic rings. The van der Waals surface area contributed by atoms with E-state index in [1.54, 1.807) is 0 Å². The van der Waals surface area contributed by atoms with E-state index in [4.69, 9.17) is 19.4 Å². The van der Waals surface area contributed by atoms with Crippen LogP contribution in [0.4, 0.5) is 0 Å². The van der Waals surface area contributed by atoms with Crippen molar-refractivity contribution in [3.05, 3.63) is 188 Å². The first kappa shape index (κ1) is 32.2. The second-order valence-corrected chi connectivity index (χ2v) is 15.0. The van der Waals surface area contributed by atoms with Gasteiger partial charge in [0, 0.05) is 47.6 Å². The van der Waals surface area contributed by atoms with Crippen LogP contribution in [0.1, 0.15) is 0 Å². The van der Waals surface area contributed by atoms with Gasteiger partial charge < -0.3 is 4.42 Å². The van der Waals surface area contributed by atoms with Crippen molar-refractivity contribution in [2.45, 2.75) is 0 Å². The van der Waals surface area contributed by atoms with Crippen LogP contribution >= 0.6 is 11.3 Å². The second-order valence-electron chi connectivity index (χ2n) is 13.9. The van der Waals surface area contributed by atoms with Crippen LogP contribution in [0.15, 0.2) is 192 Å². The molecule has 0 unspecified atom stereocenters. The van der Waals surface area contributed by atoms with Gasteiger partial charge in [-0.15, -0.1) is 11.3 Å². The molecule has 0 amide bonds. The highest BCUT2D eigenvalue weighted by molar-refractivity contribution is 7.27. The van der Waals surface area contributed by atoms with E-state index in [0.717, 1.165) is 66.1 Å². The summed E-state index contributed by atoms with van der Waals surface area (Å²) < 4.78 is 8.97. The fraction of sp³-hybridized carbons (Fsp3) is 0. The largest absolute Gasteiger partial charge is 0.456 e. The van der Waals surface area contributed by atoms with Crippen molar-refractivity contribution in [1.82, 2.24) is 15.0 Å². The van der Waals surface area contributed by atoms with Gasteiger partial charge in [0.15, 0.2) is 17.5 Å². The molecular formula is C51H31N3OS. The third-order valence-electron chi connectivity index (χ3n) is 10.6. The van der Waals surface area contributed by atoms with Gasteiger partial charge in [-0.2, -0.15) is 0 Å². The Hall–Kier alpha value is -7.21. The van der Waals surface area contributed by atoms with Crippen LogP contribution in [0.2, 0.25) is 0 Å². The third-order valence-corrected chi connectivity index (χ3v) is 11.8. The number of nitrogens with zero attached hydrogens (tertiary/aromatic N) is 3. The molecule has 0 N–H and O–H groups in total. The summed E-state index contributed by atoms with van der Waals surface area (Å²) in [5.74, 6) is 1.93. The molecule has 56 heavy (non-hydrogen) atoms. The van der Waals surface area contributed by atoms with E-state index in [2.05, 4.69) is 146 Å². The molecule has 8 aromatic carbocycles. The average Bonchev–Trinajstić information content (AvgIpc) is 3.85. The van der Waals surface area contributed by atoms with Crippen molar-refractivity contribution in [1.29, 1.82) is 0 Å². The van der Waals surface area contributed by atoms with Crippen molar-refractivity contribution in [3.63, 3.8) is 0 Å². The van der Waals surface area contributed by atoms with Gasteiger partial charge in [0.05, 0.1) is 0 Å². The number of fused-ring (bicyclic) bond motifs is 6. The Bertz CT molecular complexity index is 3170. The van der Waals surface area contributed by atoms with E-state index in [9.17, 15) is 0 Å². The summed E-state index contributed by atoms with van der Waals surface area (Å²) in [5.41, 5.74) is 11.6. The zero-order valence-corrected chi connectivity index (χ0v) is 30.9. The first-order chi connectivity index (χ1) is 27.7. The van der Waals surface area contributed by atoms with Gasteiger partial charge in [0.25, 0.3) is 0 Å². The van der Waals surface area contributed by atoms with Gasteiger partial charge in [-0.05, 0) is 63.7 Å². The molecule has 5 heteroatoms. The molecule has 0 saturated heterocycles. The number of benzene rings is 8. The average molecular weight is 734 g/mol. The highest BCUT2D eigenvalue weighted by Gasteiger charge is 2.21. The Morgan fingerprint density at radius 1 is 0.321 bits per heavy atom. The number of hydrogen-bond donors (Lipinski definition) is 0. The fourth-order valence-corrected chi connectivity index (χ4v) is 9.24. The molecule has 3 heterocycles. The van der Waals surface area contributed by atoms with Gasteiger partial charge in [0.2, 0.25) is 0 Å². The molecule has 3 aromatic heterocycles. The highest BCUT2D eigenvalue weighted by Crippen LogP contribution is 2.48. The van der Waals surface area contributed by atoms with Gasteiger partial charge in [0.1, 0.15) is 11.2 Å². The van der Waals surface area contributed by atoms with Gasteiger partial charge in [-0.1, -0.05) is 158 Å². The van der Waals surface area contributed by atoms with E-state index in [1.807, 2.05) is 53.8 Å². The van der Waals surface area contributed by atoms with Crippen LogP contribution in [0.5, 0.6) is 0 Å². The molecule has 0 aliphatic carbocycles. The van der Waals surface area contributed by atoms with E-state index in [-0.39, 0.29) is 0 Å². The quantitative estimate of drug-likeness (QED) is 0.171. The lowest BCUT2D eigenvalue weighted by Gasteiger charge is -2.11. The van der Waals surface area contributed by atoms with Crippen LogP contribution in [-0.2, 0) is 0 Å². The molecule has 0 saturated carbocycles. The zero-order valence-electron chi connectivity index (χ0n) is 30.1. The van der Waals surface area contributed by atoms with Crippen LogP contribution in [0.3, 0.4) is 0 Å². The maximum Gasteiger partial charge on any atom is 0.164 e. The fourth-order valence-electron chi connectivity index (χ4n) is 7.84. The van der Waals surface area contributed by atoms with Crippen molar-refractivity contribution in [2.75, 3.05) is 0 Å². The number of furan rings is 1. The summed E-state index contributed by atoms with van der Waals surface area (Å²) in [6.45, 7) is 0. The molecular weight excluding hydrogens is 703 g/mol. The summed E-state index contributed by atoms with van der Waals surface area (Å²) in [7, 11) is 0. The van der Waals surface area contributed by atoms with Crippen molar-refractivity contribution >= 4 is 53.4 Å². The van der Waals surface area contributed by atoms with E-state index < -0.39 is 0 Å². The summed E-state index contributed by atoms with van der Waals surface area (Å²) in [6, 6.07) is 65.5. The predicted octanol–water partition coefficient (Wildman–Crippen LogP) is 14.1. The molecule has 0 spiro atoms. The predicted molar refractivity (Wildman–Crippen MR) is 233 cm³/mol. The van der Waals surface area contributed by atoms with Crippen molar-refractivity contribution in [2.24, 2.45) is 0 Å². The normalized spacial score (nSPS) is 11.6. The summed E-state index contributed by atoms with van der Waals surface area (Å²) in [5, 5.41) is 4.52. The first-order valence-corrected chi connectivity index (χ1v) is 19.5. The van der Waals surface area contributed by atoms with E-state index in [0.29, 0.717) is 17.5 Å². The molecule has 0 fully saturated rings. The Morgan fingerprint density at radius 2 is 0.821 bits per heavy atom. The molecule has 11 rings (SSSR count). The van der Waals surface area contributed by atoms with Gasteiger partial charge >= 0.3 is 0 Å². The lowest BCUT2D eigenvalue weighted by molar-refractivity contribution is 0.669. The minimum absolute atomic E-state index is 0.644. The van der Waals surface area contributed by atoms with Gasteiger partial charge in [-0.25, -0.2) is 15.0 Å². The van der Waals surface area contributed by atoms with Crippen molar-refractivity contribution < 1.29 is 4.42 Å². The summed E-state index contributed by atoms with van der Waals surface area (Å²) in [6.07, 6.45) is 0. The summed E-state index contributed by atoms with van der Waals surface area (Å²) in [4.78, 5) is 15.3. The van der Waals surface area contributed by atoms with Crippen LogP contribution in [0, 0.1) is 0 Å². The van der Waals surface area contributed by atoms with Crippen molar-refractivity contribution in [3.8, 4) is 67.5 Å². The smallest absolute Gasteiger partial charge is 0.164 e. The Kier molecular flexibility index (Phi) is 7.64.